The topological polar surface area (TPSA) is 64.5 Å². The third-order valence-electron chi connectivity index (χ3n) is 2.49. The van der Waals surface area contributed by atoms with Crippen LogP contribution in [0.5, 0.6) is 0 Å². The Morgan fingerprint density at radius 1 is 1.53 bits per heavy atom. The lowest BCUT2D eigenvalue weighted by Crippen LogP contribution is -2.06. The van der Waals surface area contributed by atoms with Gasteiger partial charge in [0.15, 0.2) is 0 Å². The van der Waals surface area contributed by atoms with Gasteiger partial charge in [-0.25, -0.2) is 0 Å². The van der Waals surface area contributed by atoms with Gasteiger partial charge in [0, 0.05) is 11.8 Å². The molecule has 0 radical (unpaired) electrons. The quantitative estimate of drug-likeness (QED) is 0.875. The van der Waals surface area contributed by atoms with Crippen LogP contribution >= 0.6 is 11.6 Å². The van der Waals surface area contributed by atoms with E-state index in [0.717, 1.165) is 11.3 Å². The zero-order valence-corrected chi connectivity index (χ0v) is 9.99. The normalized spacial score (nSPS) is 11.8. The van der Waals surface area contributed by atoms with Crippen LogP contribution in [0.1, 0.15) is 24.1 Å². The first-order chi connectivity index (χ1) is 8.20. The van der Waals surface area contributed by atoms with Crippen molar-refractivity contribution in [3.63, 3.8) is 0 Å². The average Bonchev–Trinajstić information content (AvgIpc) is 2.85. The van der Waals surface area contributed by atoms with Crippen LogP contribution < -0.4 is 5.32 Å². The van der Waals surface area contributed by atoms with Crippen molar-refractivity contribution < 1.29 is 0 Å². The minimum atomic E-state index is 0.0965. The summed E-state index contributed by atoms with van der Waals surface area (Å²) in [6.45, 7) is 2.01. The molecule has 0 aliphatic heterocycles. The minimum Gasteiger partial charge on any atom is -0.377 e. The van der Waals surface area contributed by atoms with E-state index in [-0.39, 0.29) is 6.04 Å². The Balaban J connectivity index is 2.17. The summed E-state index contributed by atoms with van der Waals surface area (Å²) < 4.78 is 0. The zero-order chi connectivity index (χ0) is 12.3. The molecule has 1 aromatic carbocycles. The molecule has 5 heteroatoms. The molecule has 2 aromatic rings. The molecule has 1 heterocycles. The van der Waals surface area contributed by atoms with Gasteiger partial charge in [0.1, 0.15) is 0 Å². The van der Waals surface area contributed by atoms with Crippen LogP contribution in [-0.4, -0.2) is 10.2 Å². The molecule has 0 saturated heterocycles. The Hall–Kier alpha value is -1.99. The predicted octanol–water partition coefficient (Wildman–Crippen LogP) is 3.11. The number of aromatic nitrogens is 2. The highest BCUT2D eigenvalue weighted by molar-refractivity contribution is 6.33. The molecule has 0 bridgehead atoms. The van der Waals surface area contributed by atoms with E-state index in [9.17, 15) is 0 Å². The summed E-state index contributed by atoms with van der Waals surface area (Å²) in [6.07, 6.45) is 3.59. The molecule has 0 aliphatic carbocycles. The van der Waals surface area contributed by atoms with Crippen LogP contribution in [0.3, 0.4) is 0 Å². The van der Waals surface area contributed by atoms with Gasteiger partial charge in [-0.2, -0.15) is 10.4 Å². The van der Waals surface area contributed by atoms with Crippen molar-refractivity contribution >= 4 is 17.3 Å². The number of nitrogens with zero attached hydrogens (tertiary/aromatic N) is 2. The summed E-state index contributed by atoms with van der Waals surface area (Å²) in [5.74, 6) is 0. The maximum atomic E-state index is 8.74. The number of anilines is 1. The molecule has 2 rings (SSSR count). The standard InChI is InChI=1S/C12H11ClN4/c1-8(10-6-15-16-7-10)17-12-3-2-9(5-14)4-11(12)13/h2-4,6-8,17H,1H3,(H,15,16). The first-order valence-corrected chi connectivity index (χ1v) is 5.53. The Labute approximate surface area is 104 Å². The maximum Gasteiger partial charge on any atom is 0.0992 e. The fraction of sp³-hybridized carbons (Fsp3) is 0.167. The SMILES string of the molecule is CC(Nc1ccc(C#N)cc1Cl)c1cn[nH]c1. The number of H-pyrrole nitrogens is 1. The van der Waals surface area contributed by atoms with Crippen LogP contribution in [0.2, 0.25) is 5.02 Å². The van der Waals surface area contributed by atoms with Gasteiger partial charge in [0.25, 0.3) is 0 Å². The number of hydrogen-bond acceptors (Lipinski definition) is 3. The van der Waals surface area contributed by atoms with Crippen LogP contribution in [0, 0.1) is 11.3 Å². The molecule has 4 nitrogen and oxygen atoms in total. The number of aromatic amines is 1. The summed E-state index contributed by atoms with van der Waals surface area (Å²) in [5.41, 5.74) is 2.40. The van der Waals surface area contributed by atoms with Crippen LogP contribution in [0.25, 0.3) is 0 Å². The molecule has 1 aromatic heterocycles. The first kappa shape index (κ1) is 11.5. The van der Waals surface area contributed by atoms with Gasteiger partial charge in [-0.1, -0.05) is 11.6 Å². The van der Waals surface area contributed by atoms with Gasteiger partial charge in [-0.15, -0.1) is 0 Å². The lowest BCUT2D eigenvalue weighted by molar-refractivity contribution is 0.886. The highest BCUT2D eigenvalue weighted by Crippen LogP contribution is 2.26. The molecule has 0 amide bonds. The molecular weight excluding hydrogens is 236 g/mol. The Morgan fingerprint density at radius 2 is 2.35 bits per heavy atom. The van der Waals surface area contributed by atoms with E-state index in [0.29, 0.717) is 10.6 Å². The Bertz CT molecular complexity index is 542. The molecule has 86 valence electrons. The molecule has 1 unspecified atom stereocenters. The second-order valence-corrected chi connectivity index (χ2v) is 4.11. The van der Waals surface area contributed by atoms with Crippen molar-refractivity contribution in [3.05, 3.63) is 46.7 Å². The summed E-state index contributed by atoms with van der Waals surface area (Å²) in [5, 5.41) is 19.2. The number of rotatable bonds is 3. The van der Waals surface area contributed by atoms with Crippen molar-refractivity contribution in [1.82, 2.24) is 10.2 Å². The number of halogens is 1. The summed E-state index contributed by atoms with van der Waals surface area (Å²) in [4.78, 5) is 0. The Kier molecular flexibility index (Phi) is 3.31. The fourth-order valence-electron chi connectivity index (χ4n) is 1.52. The van der Waals surface area contributed by atoms with Crippen LogP contribution in [0.4, 0.5) is 5.69 Å². The second kappa shape index (κ2) is 4.89. The van der Waals surface area contributed by atoms with Crippen LogP contribution in [-0.2, 0) is 0 Å². The van der Waals surface area contributed by atoms with Gasteiger partial charge >= 0.3 is 0 Å². The molecule has 0 saturated carbocycles. The number of nitriles is 1. The molecule has 2 N–H and O–H groups in total. The summed E-state index contributed by atoms with van der Waals surface area (Å²) >= 11 is 6.08. The van der Waals surface area contributed by atoms with E-state index >= 15 is 0 Å². The molecule has 0 spiro atoms. The lowest BCUT2D eigenvalue weighted by Gasteiger charge is -2.14. The first-order valence-electron chi connectivity index (χ1n) is 5.15. The maximum absolute atomic E-state index is 8.74. The largest absolute Gasteiger partial charge is 0.377 e. The van der Waals surface area contributed by atoms with Crippen molar-refractivity contribution in [3.8, 4) is 6.07 Å². The van der Waals surface area contributed by atoms with E-state index in [4.69, 9.17) is 16.9 Å². The number of nitrogens with one attached hydrogen (secondary N) is 2. The number of benzene rings is 1. The number of hydrogen-bond donors (Lipinski definition) is 2. The van der Waals surface area contributed by atoms with Crippen LogP contribution in [0.15, 0.2) is 30.6 Å². The van der Waals surface area contributed by atoms with Crippen molar-refractivity contribution in [2.75, 3.05) is 5.32 Å². The second-order valence-electron chi connectivity index (χ2n) is 3.70. The van der Waals surface area contributed by atoms with Gasteiger partial charge in [0.2, 0.25) is 0 Å². The lowest BCUT2D eigenvalue weighted by atomic mass is 10.1. The molecule has 17 heavy (non-hydrogen) atoms. The summed E-state index contributed by atoms with van der Waals surface area (Å²) in [7, 11) is 0. The van der Waals surface area contributed by atoms with Gasteiger partial charge in [-0.3, -0.25) is 5.10 Å². The van der Waals surface area contributed by atoms with Crippen molar-refractivity contribution in [2.24, 2.45) is 0 Å². The van der Waals surface area contributed by atoms with E-state index in [1.54, 1.807) is 24.4 Å². The van der Waals surface area contributed by atoms with Gasteiger partial charge in [-0.05, 0) is 25.1 Å². The zero-order valence-electron chi connectivity index (χ0n) is 9.24. The monoisotopic (exact) mass is 246 g/mol. The highest BCUT2D eigenvalue weighted by Gasteiger charge is 2.08. The van der Waals surface area contributed by atoms with E-state index in [1.165, 1.54) is 0 Å². The third-order valence-corrected chi connectivity index (χ3v) is 2.80. The molecule has 0 fully saturated rings. The Morgan fingerprint density at radius 3 is 2.94 bits per heavy atom. The van der Waals surface area contributed by atoms with Gasteiger partial charge < -0.3 is 5.32 Å². The summed E-state index contributed by atoms with van der Waals surface area (Å²) in [6, 6.07) is 7.33. The van der Waals surface area contributed by atoms with E-state index in [2.05, 4.69) is 15.5 Å². The van der Waals surface area contributed by atoms with Gasteiger partial charge in [0.05, 0.1) is 34.6 Å². The average molecular weight is 247 g/mol. The predicted molar refractivity (Wildman–Crippen MR) is 66.8 cm³/mol. The van der Waals surface area contributed by atoms with Crippen molar-refractivity contribution in [1.29, 1.82) is 5.26 Å². The van der Waals surface area contributed by atoms with Crippen molar-refractivity contribution in [2.45, 2.75) is 13.0 Å². The molecule has 0 aliphatic rings. The molecular formula is C12H11ClN4. The molecule has 1 atom stereocenters. The third kappa shape index (κ3) is 2.58. The fourth-order valence-corrected chi connectivity index (χ4v) is 1.75. The minimum absolute atomic E-state index is 0.0965. The van der Waals surface area contributed by atoms with E-state index in [1.807, 2.05) is 19.2 Å². The smallest absolute Gasteiger partial charge is 0.0992 e. The highest BCUT2D eigenvalue weighted by atomic mass is 35.5. The van der Waals surface area contributed by atoms with E-state index < -0.39 is 0 Å².